The molecule has 1 fully saturated rings. The monoisotopic (exact) mass is 327 g/mol. The van der Waals surface area contributed by atoms with Crippen LogP contribution in [0.15, 0.2) is 11.0 Å². The van der Waals surface area contributed by atoms with Crippen LogP contribution in [0.5, 0.6) is 0 Å². The molecule has 4 atom stereocenters. The number of unbranched alkanes of at least 4 members (excludes halogenated alkanes) is 3. The number of nitrogens with zero attached hydrogens (tertiary/aromatic N) is 2. The smallest absolute Gasteiger partial charge is 0.351 e. The summed E-state index contributed by atoms with van der Waals surface area (Å²) >= 11 is 0. The lowest BCUT2D eigenvalue weighted by Gasteiger charge is -2.18. The minimum Gasteiger partial charge on any atom is -0.394 e. The lowest BCUT2D eigenvalue weighted by molar-refractivity contribution is -0.0550. The highest BCUT2D eigenvalue weighted by molar-refractivity contribution is 5.36. The number of aliphatic hydroxyl groups is 3. The standard InChI is InChI=1S/C15H25N3O5/c1-2-3-4-5-6-9-7-18(15(22)17-13(9)16)14-12(21)11(20)10(8-19)23-14/h7,10-12,14,19-21H,2-6,8H2,1H3,(H2,16,17,22)/t10-,11-,12-,14-/m1/s1. The predicted molar refractivity (Wildman–Crippen MR) is 83.8 cm³/mol. The number of anilines is 1. The van der Waals surface area contributed by atoms with Crippen molar-refractivity contribution in [1.82, 2.24) is 9.55 Å². The molecule has 0 aliphatic carbocycles. The van der Waals surface area contributed by atoms with Gasteiger partial charge in [0.2, 0.25) is 0 Å². The third-order valence-corrected chi connectivity index (χ3v) is 4.15. The van der Waals surface area contributed by atoms with Crippen LogP contribution >= 0.6 is 0 Å². The molecule has 8 nitrogen and oxygen atoms in total. The van der Waals surface area contributed by atoms with Gasteiger partial charge in [-0.1, -0.05) is 26.2 Å². The second-order valence-electron chi connectivity index (χ2n) is 5.88. The molecule has 0 amide bonds. The Morgan fingerprint density at radius 2 is 2.04 bits per heavy atom. The Hall–Kier alpha value is -1.48. The molecule has 0 radical (unpaired) electrons. The lowest BCUT2D eigenvalue weighted by Crippen LogP contribution is -2.36. The first-order chi connectivity index (χ1) is 11.0. The number of rotatable bonds is 7. The summed E-state index contributed by atoms with van der Waals surface area (Å²) in [6.45, 7) is 1.67. The summed E-state index contributed by atoms with van der Waals surface area (Å²) in [6, 6.07) is 0. The molecular formula is C15H25N3O5. The second kappa shape index (κ2) is 7.87. The van der Waals surface area contributed by atoms with Crippen LogP contribution in [-0.2, 0) is 11.2 Å². The van der Waals surface area contributed by atoms with Crippen molar-refractivity contribution in [3.63, 3.8) is 0 Å². The normalized spacial score (nSPS) is 27.5. The van der Waals surface area contributed by atoms with E-state index < -0.39 is 36.8 Å². The maximum atomic E-state index is 12.0. The van der Waals surface area contributed by atoms with Gasteiger partial charge in [-0.05, 0) is 12.8 Å². The molecule has 8 heteroatoms. The summed E-state index contributed by atoms with van der Waals surface area (Å²) in [5.74, 6) is 0.175. The number of aliphatic hydroxyl groups excluding tert-OH is 3. The quantitative estimate of drug-likeness (QED) is 0.499. The van der Waals surface area contributed by atoms with E-state index in [2.05, 4.69) is 11.9 Å². The maximum Gasteiger partial charge on any atom is 0.351 e. The van der Waals surface area contributed by atoms with Crippen molar-refractivity contribution < 1.29 is 20.1 Å². The van der Waals surface area contributed by atoms with Crippen LogP contribution in [0.1, 0.15) is 44.4 Å². The zero-order valence-corrected chi connectivity index (χ0v) is 13.3. The van der Waals surface area contributed by atoms with Crippen LogP contribution in [0, 0.1) is 0 Å². The molecule has 1 saturated heterocycles. The molecular weight excluding hydrogens is 302 g/mol. The van der Waals surface area contributed by atoms with Gasteiger partial charge in [0.1, 0.15) is 24.1 Å². The number of hydrogen-bond donors (Lipinski definition) is 4. The van der Waals surface area contributed by atoms with Crippen molar-refractivity contribution in [3.8, 4) is 0 Å². The maximum absolute atomic E-state index is 12.0. The SMILES string of the molecule is CCCCCCc1cn([C@@H]2O[C@H](CO)[C@@H](O)[C@H]2O)c(=O)nc1N. The van der Waals surface area contributed by atoms with E-state index in [1.807, 2.05) is 0 Å². The van der Waals surface area contributed by atoms with Crippen molar-refractivity contribution >= 4 is 5.82 Å². The van der Waals surface area contributed by atoms with Crippen LogP contribution in [-0.4, -0.2) is 49.8 Å². The molecule has 0 unspecified atom stereocenters. The zero-order chi connectivity index (χ0) is 17.0. The van der Waals surface area contributed by atoms with E-state index in [4.69, 9.17) is 15.6 Å². The van der Waals surface area contributed by atoms with Gasteiger partial charge in [-0.15, -0.1) is 0 Å². The van der Waals surface area contributed by atoms with E-state index >= 15 is 0 Å². The highest BCUT2D eigenvalue weighted by atomic mass is 16.6. The first kappa shape index (κ1) is 17.9. The van der Waals surface area contributed by atoms with Gasteiger partial charge < -0.3 is 25.8 Å². The Balaban J connectivity index is 2.20. The number of ether oxygens (including phenoxy) is 1. The summed E-state index contributed by atoms with van der Waals surface area (Å²) < 4.78 is 6.51. The molecule has 2 heterocycles. The lowest BCUT2D eigenvalue weighted by atomic mass is 10.1. The molecule has 1 aromatic rings. The van der Waals surface area contributed by atoms with E-state index in [0.717, 1.165) is 30.3 Å². The number of aromatic nitrogens is 2. The third kappa shape index (κ3) is 3.89. The van der Waals surface area contributed by atoms with Crippen LogP contribution in [0.4, 0.5) is 5.82 Å². The number of nitrogen functional groups attached to an aromatic ring is 1. The summed E-state index contributed by atoms with van der Waals surface area (Å²) in [7, 11) is 0. The Kier molecular flexibility index (Phi) is 6.11. The topological polar surface area (TPSA) is 131 Å². The highest BCUT2D eigenvalue weighted by Gasteiger charge is 2.43. The van der Waals surface area contributed by atoms with Gasteiger partial charge in [-0.3, -0.25) is 4.57 Å². The highest BCUT2D eigenvalue weighted by Crippen LogP contribution is 2.28. The van der Waals surface area contributed by atoms with Crippen molar-refractivity contribution in [2.24, 2.45) is 0 Å². The van der Waals surface area contributed by atoms with Gasteiger partial charge in [0.25, 0.3) is 0 Å². The Morgan fingerprint density at radius 1 is 1.30 bits per heavy atom. The van der Waals surface area contributed by atoms with Crippen molar-refractivity contribution in [2.45, 2.75) is 63.6 Å². The fourth-order valence-electron chi connectivity index (χ4n) is 2.75. The van der Waals surface area contributed by atoms with Crippen LogP contribution in [0.3, 0.4) is 0 Å². The summed E-state index contributed by atoms with van der Waals surface area (Å²) in [5, 5.41) is 29.0. The minimum atomic E-state index is -1.32. The molecule has 130 valence electrons. The first-order valence-corrected chi connectivity index (χ1v) is 7.99. The first-order valence-electron chi connectivity index (χ1n) is 7.99. The molecule has 0 aromatic carbocycles. The second-order valence-corrected chi connectivity index (χ2v) is 5.88. The Bertz CT molecular complexity index is 577. The minimum absolute atomic E-state index is 0.175. The average molecular weight is 327 g/mol. The number of hydrogen-bond acceptors (Lipinski definition) is 7. The van der Waals surface area contributed by atoms with Gasteiger partial charge in [0, 0.05) is 11.8 Å². The Morgan fingerprint density at radius 3 is 2.65 bits per heavy atom. The molecule has 2 rings (SSSR count). The van der Waals surface area contributed by atoms with Crippen molar-refractivity contribution in [1.29, 1.82) is 0 Å². The van der Waals surface area contributed by atoms with Crippen LogP contribution in [0.2, 0.25) is 0 Å². The van der Waals surface area contributed by atoms with Gasteiger partial charge in [-0.2, -0.15) is 4.98 Å². The molecule has 1 aromatic heterocycles. The molecule has 0 saturated carbocycles. The average Bonchev–Trinajstić information content (AvgIpc) is 2.81. The molecule has 5 N–H and O–H groups in total. The fourth-order valence-corrected chi connectivity index (χ4v) is 2.75. The van der Waals surface area contributed by atoms with Gasteiger partial charge >= 0.3 is 5.69 Å². The van der Waals surface area contributed by atoms with Crippen LogP contribution < -0.4 is 11.4 Å². The predicted octanol–water partition coefficient (Wildman–Crippen LogP) is -0.440. The van der Waals surface area contributed by atoms with Gasteiger partial charge in [0.15, 0.2) is 6.23 Å². The molecule has 0 bridgehead atoms. The number of aryl methyl sites for hydroxylation is 1. The van der Waals surface area contributed by atoms with E-state index in [1.54, 1.807) is 0 Å². The summed E-state index contributed by atoms with van der Waals surface area (Å²) in [4.78, 5) is 15.8. The fraction of sp³-hybridized carbons (Fsp3) is 0.733. The number of nitrogens with two attached hydrogens (primary N) is 1. The zero-order valence-electron chi connectivity index (χ0n) is 13.3. The van der Waals surface area contributed by atoms with E-state index in [1.165, 1.54) is 6.20 Å². The van der Waals surface area contributed by atoms with Gasteiger partial charge in [0.05, 0.1) is 6.61 Å². The van der Waals surface area contributed by atoms with Gasteiger partial charge in [-0.25, -0.2) is 4.79 Å². The Labute approximate surface area is 134 Å². The van der Waals surface area contributed by atoms with Crippen molar-refractivity contribution in [3.05, 3.63) is 22.2 Å². The third-order valence-electron chi connectivity index (χ3n) is 4.15. The largest absolute Gasteiger partial charge is 0.394 e. The van der Waals surface area contributed by atoms with E-state index in [9.17, 15) is 15.0 Å². The molecule has 1 aliphatic heterocycles. The van der Waals surface area contributed by atoms with Crippen LogP contribution in [0.25, 0.3) is 0 Å². The van der Waals surface area contributed by atoms with E-state index in [-0.39, 0.29) is 5.82 Å². The molecule has 23 heavy (non-hydrogen) atoms. The molecule has 0 spiro atoms. The van der Waals surface area contributed by atoms with Crippen molar-refractivity contribution in [2.75, 3.05) is 12.3 Å². The van der Waals surface area contributed by atoms with E-state index in [0.29, 0.717) is 12.0 Å². The summed E-state index contributed by atoms with van der Waals surface area (Å²) in [6.07, 6.45) is 1.83. The summed E-state index contributed by atoms with van der Waals surface area (Å²) in [5.41, 5.74) is 5.85. The molecule has 1 aliphatic rings.